The topological polar surface area (TPSA) is 0 Å². The first kappa shape index (κ1) is 29.2. The van der Waals surface area contributed by atoms with E-state index in [9.17, 15) is 0 Å². The minimum Gasteiger partial charge on any atom is -0.0919 e. The molecule has 0 radical (unpaired) electrons. The van der Waals surface area contributed by atoms with E-state index in [-0.39, 0.29) is 7.43 Å². The molecule has 0 aromatic heterocycles. The molecular weight excluding hydrogens is 168 g/mol. The molecular formula is C14H34. The molecule has 14 heavy (non-hydrogen) atoms. The van der Waals surface area contributed by atoms with E-state index in [1.807, 2.05) is 65.8 Å². The molecule has 0 nitrogen and oxygen atoms in total. The van der Waals surface area contributed by atoms with Gasteiger partial charge in [-0.15, -0.1) is 0 Å². The fourth-order valence-electron chi connectivity index (χ4n) is 0. The summed E-state index contributed by atoms with van der Waals surface area (Å²) < 4.78 is 0. The fourth-order valence-corrected chi connectivity index (χ4v) is 0. The summed E-state index contributed by atoms with van der Waals surface area (Å²) in [6, 6.07) is 0. The van der Waals surface area contributed by atoms with Crippen molar-refractivity contribution in [2.75, 3.05) is 0 Å². The normalized spacial score (nSPS) is 7.14. The Kier molecular flexibility index (Phi) is 171. The summed E-state index contributed by atoms with van der Waals surface area (Å²) in [5.41, 5.74) is 0. The predicted octanol–water partition coefficient (Wildman–Crippen LogP) is 6.24. The van der Waals surface area contributed by atoms with Crippen molar-refractivity contribution in [1.82, 2.24) is 0 Å². The molecule has 90 valence electrons. The van der Waals surface area contributed by atoms with Crippen molar-refractivity contribution in [3.8, 4) is 0 Å². The third kappa shape index (κ3) is 576. The standard InChI is InChI=1S/2C4H8.C3H8.C2H6.CH4/c2*1-3-4-2;1-3-2;1-2;/h2*3-4H,1-2H3;3H2,1-2H3;1-2H3;1H4/b2*4-3-;;;. The maximum Gasteiger partial charge on any atom is -0.0470 e. The molecule has 0 aliphatic rings. The van der Waals surface area contributed by atoms with E-state index < -0.39 is 0 Å². The summed E-state index contributed by atoms with van der Waals surface area (Å²) in [7, 11) is 0. The van der Waals surface area contributed by atoms with Crippen LogP contribution in [0.3, 0.4) is 0 Å². The molecule has 0 atom stereocenters. The van der Waals surface area contributed by atoms with Gasteiger partial charge in [0.2, 0.25) is 0 Å². The maximum atomic E-state index is 2.12. The van der Waals surface area contributed by atoms with Crippen LogP contribution in [-0.2, 0) is 0 Å². The number of hydrogen-bond donors (Lipinski definition) is 0. The van der Waals surface area contributed by atoms with Crippen LogP contribution in [0.5, 0.6) is 0 Å². The summed E-state index contributed by atoms with van der Waals surface area (Å²) >= 11 is 0. The highest BCUT2D eigenvalue weighted by Crippen LogP contribution is 1.57. The lowest BCUT2D eigenvalue weighted by atomic mass is 10.6. The average Bonchev–Trinajstić information content (AvgIpc) is 2.22. The van der Waals surface area contributed by atoms with E-state index in [2.05, 4.69) is 13.8 Å². The number of rotatable bonds is 0. The van der Waals surface area contributed by atoms with Gasteiger partial charge in [0.15, 0.2) is 0 Å². The molecule has 0 aliphatic heterocycles. The van der Waals surface area contributed by atoms with Gasteiger partial charge in [-0.05, 0) is 27.7 Å². The third-order valence-electron chi connectivity index (χ3n) is 0.667. The summed E-state index contributed by atoms with van der Waals surface area (Å²) in [6.07, 6.45) is 9.25. The summed E-state index contributed by atoms with van der Waals surface area (Å²) in [5, 5.41) is 0. The Labute approximate surface area is 94.1 Å². The number of hydrogen-bond acceptors (Lipinski definition) is 0. The second kappa shape index (κ2) is 81.9. The second-order valence-corrected chi connectivity index (χ2v) is 2.04. The van der Waals surface area contributed by atoms with Gasteiger partial charge in [0, 0.05) is 0 Å². The lowest BCUT2D eigenvalue weighted by Crippen LogP contribution is -1.27. The van der Waals surface area contributed by atoms with Gasteiger partial charge in [-0.1, -0.05) is 65.8 Å². The van der Waals surface area contributed by atoms with Crippen LogP contribution >= 0.6 is 0 Å². The van der Waals surface area contributed by atoms with Gasteiger partial charge in [0.05, 0.1) is 0 Å². The van der Waals surface area contributed by atoms with Crippen molar-refractivity contribution in [3.63, 3.8) is 0 Å². The lowest BCUT2D eigenvalue weighted by molar-refractivity contribution is 1.09. The Balaban J connectivity index is -0.0000000260. The zero-order chi connectivity index (χ0) is 11.5. The Bertz CT molecular complexity index is 50.1. The largest absolute Gasteiger partial charge is 0.0919 e. The first-order valence-electron chi connectivity index (χ1n) is 5.39. The lowest BCUT2D eigenvalue weighted by Gasteiger charge is -1.49. The Morgan fingerprint density at radius 3 is 0.714 bits per heavy atom. The Morgan fingerprint density at radius 2 is 0.714 bits per heavy atom. The van der Waals surface area contributed by atoms with Crippen LogP contribution in [0.2, 0.25) is 0 Å². The van der Waals surface area contributed by atoms with Gasteiger partial charge in [0.1, 0.15) is 0 Å². The minimum absolute atomic E-state index is 0. The Hall–Kier alpha value is -0.520. The molecule has 0 aromatic carbocycles. The van der Waals surface area contributed by atoms with Crippen LogP contribution in [0.15, 0.2) is 24.3 Å². The molecule has 0 aliphatic carbocycles. The van der Waals surface area contributed by atoms with Crippen LogP contribution in [0.1, 0.15) is 69.2 Å². The Morgan fingerprint density at radius 1 is 0.643 bits per heavy atom. The number of allylic oxidation sites excluding steroid dienone is 4. The molecule has 0 amide bonds. The van der Waals surface area contributed by atoms with Gasteiger partial charge in [-0.2, -0.15) is 0 Å². The quantitative estimate of drug-likeness (QED) is 0.408. The smallest absolute Gasteiger partial charge is 0.0470 e. The molecule has 0 unspecified atom stereocenters. The summed E-state index contributed by atoms with van der Waals surface area (Å²) in [5.74, 6) is 0. The van der Waals surface area contributed by atoms with E-state index >= 15 is 0 Å². The maximum absolute atomic E-state index is 2.12. The van der Waals surface area contributed by atoms with Crippen LogP contribution in [0, 0.1) is 0 Å². The van der Waals surface area contributed by atoms with Crippen molar-refractivity contribution in [2.24, 2.45) is 0 Å². The third-order valence-corrected chi connectivity index (χ3v) is 0.667. The van der Waals surface area contributed by atoms with Crippen molar-refractivity contribution in [3.05, 3.63) is 24.3 Å². The molecule has 0 heteroatoms. The van der Waals surface area contributed by atoms with E-state index in [1.165, 1.54) is 6.42 Å². The SMILES string of the molecule is C.C/C=C\C.C/C=C\C.CC.CCC. The first-order chi connectivity index (χ1) is 6.24. The highest BCUT2D eigenvalue weighted by molar-refractivity contribution is 4.68. The van der Waals surface area contributed by atoms with E-state index in [0.29, 0.717) is 0 Å². The zero-order valence-corrected chi connectivity index (χ0v) is 11.0. The van der Waals surface area contributed by atoms with Crippen molar-refractivity contribution in [2.45, 2.75) is 69.2 Å². The van der Waals surface area contributed by atoms with Gasteiger partial charge in [0.25, 0.3) is 0 Å². The van der Waals surface area contributed by atoms with Crippen LogP contribution in [0.25, 0.3) is 0 Å². The van der Waals surface area contributed by atoms with Crippen molar-refractivity contribution < 1.29 is 0 Å². The van der Waals surface area contributed by atoms with E-state index in [1.54, 1.807) is 0 Å². The molecule has 0 bridgehead atoms. The predicted molar refractivity (Wildman–Crippen MR) is 75.0 cm³/mol. The highest BCUT2D eigenvalue weighted by Gasteiger charge is 1.35. The van der Waals surface area contributed by atoms with Gasteiger partial charge in [-0.3, -0.25) is 0 Å². The van der Waals surface area contributed by atoms with E-state index in [0.717, 1.165) is 0 Å². The van der Waals surface area contributed by atoms with Crippen LogP contribution < -0.4 is 0 Å². The highest BCUT2D eigenvalue weighted by atomic mass is 13.4. The molecule has 0 saturated heterocycles. The average molecular weight is 202 g/mol. The minimum atomic E-state index is 0. The van der Waals surface area contributed by atoms with Gasteiger partial charge < -0.3 is 0 Å². The van der Waals surface area contributed by atoms with Crippen molar-refractivity contribution >= 4 is 0 Å². The molecule has 0 N–H and O–H groups in total. The molecule has 0 spiro atoms. The molecule has 0 heterocycles. The van der Waals surface area contributed by atoms with Gasteiger partial charge >= 0.3 is 0 Å². The molecule has 0 rings (SSSR count). The summed E-state index contributed by atoms with van der Waals surface area (Å²) in [6.45, 7) is 16.2. The molecule has 0 aromatic rings. The van der Waals surface area contributed by atoms with Gasteiger partial charge in [-0.25, -0.2) is 0 Å². The first-order valence-corrected chi connectivity index (χ1v) is 5.39. The molecule has 0 saturated carbocycles. The van der Waals surface area contributed by atoms with Crippen molar-refractivity contribution in [1.29, 1.82) is 0 Å². The summed E-state index contributed by atoms with van der Waals surface area (Å²) in [4.78, 5) is 0. The fraction of sp³-hybridized carbons (Fsp3) is 0.714. The van der Waals surface area contributed by atoms with Crippen LogP contribution in [-0.4, -0.2) is 0 Å². The van der Waals surface area contributed by atoms with E-state index in [4.69, 9.17) is 0 Å². The zero-order valence-electron chi connectivity index (χ0n) is 11.0. The van der Waals surface area contributed by atoms with Crippen LogP contribution in [0.4, 0.5) is 0 Å². The second-order valence-electron chi connectivity index (χ2n) is 2.04. The monoisotopic (exact) mass is 202 g/mol. The molecule has 0 fully saturated rings.